The summed E-state index contributed by atoms with van der Waals surface area (Å²) < 4.78 is 11.0. The molecule has 3 aromatic rings. The van der Waals surface area contributed by atoms with E-state index in [1.165, 1.54) is 0 Å². The van der Waals surface area contributed by atoms with Crippen molar-refractivity contribution in [2.45, 2.75) is 13.3 Å². The number of furan rings is 1. The predicted molar refractivity (Wildman–Crippen MR) is 78.4 cm³/mol. The Balaban J connectivity index is 2.11. The molecule has 0 fully saturated rings. The van der Waals surface area contributed by atoms with E-state index in [1.54, 1.807) is 12.1 Å². The van der Waals surface area contributed by atoms with Crippen molar-refractivity contribution in [3.63, 3.8) is 0 Å². The molecular formula is C15H13ClN2O2. The van der Waals surface area contributed by atoms with Crippen molar-refractivity contribution in [1.29, 1.82) is 0 Å². The minimum atomic E-state index is 0.330. The average Bonchev–Trinajstić information content (AvgIpc) is 3.06. The van der Waals surface area contributed by atoms with Gasteiger partial charge in [0.05, 0.1) is 5.56 Å². The van der Waals surface area contributed by atoms with Crippen LogP contribution in [0, 0.1) is 0 Å². The fourth-order valence-electron chi connectivity index (χ4n) is 2.06. The Morgan fingerprint density at radius 2 is 1.90 bits per heavy atom. The van der Waals surface area contributed by atoms with Crippen LogP contribution in [0.1, 0.15) is 12.7 Å². The van der Waals surface area contributed by atoms with Crippen molar-refractivity contribution in [2.75, 3.05) is 5.73 Å². The molecular weight excluding hydrogens is 276 g/mol. The molecule has 0 saturated heterocycles. The number of halogens is 1. The molecule has 2 heterocycles. The van der Waals surface area contributed by atoms with Crippen LogP contribution in [0.3, 0.4) is 0 Å². The number of benzene rings is 1. The first kappa shape index (κ1) is 12.8. The zero-order chi connectivity index (χ0) is 14.1. The lowest BCUT2D eigenvalue weighted by atomic mass is 10.0. The molecule has 0 atom stereocenters. The molecule has 0 saturated carbocycles. The molecule has 0 amide bonds. The van der Waals surface area contributed by atoms with Crippen LogP contribution < -0.4 is 5.73 Å². The van der Waals surface area contributed by atoms with Crippen LogP contribution in [0.5, 0.6) is 0 Å². The summed E-state index contributed by atoms with van der Waals surface area (Å²) in [5, 5.41) is 4.50. The number of nitrogens with zero attached hydrogens (tertiary/aromatic N) is 1. The predicted octanol–water partition coefficient (Wildman–Crippen LogP) is 4.40. The van der Waals surface area contributed by atoms with Gasteiger partial charge in [-0.05, 0) is 29.8 Å². The van der Waals surface area contributed by atoms with E-state index in [0.29, 0.717) is 22.4 Å². The number of aryl methyl sites for hydroxylation is 1. The summed E-state index contributed by atoms with van der Waals surface area (Å²) in [5.74, 6) is 2.37. The van der Waals surface area contributed by atoms with Gasteiger partial charge in [-0.25, -0.2) is 0 Å². The largest absolute Gasteiger partial charge is 0.458 e. The lowest BCUT2D eigenvalue weighted by molar-refractivity contribution is 0.417. The summed E-state index contributed by atoms with van der Waals surface area (Å²) in [5.41, 5.74) is 7.52. The van der Waals surface area contributed by atoms with E-state index >= 15 is 0 Å². The number of hydrogen-bond acceptors (Lipinski definition) is 4. The number of rotatable bonds is 3. The molecule has 0 radical (unpaired) electrons. The molecule has 4 nitrogen and oxygen atoms in total. The maximum absolute atomic E-state index is 5.91. The summed E-state index contributed by atoms with van der Waals surface area (Å²) in [7, 11) is 0. The molecule has 102 valence electrons. The highest BCUT2D eigenvalue weighted by Crippen LogP contribution is 2.37. The van der Waals surface area contributed by atoms with E-state index in [1.807, 2.05) is 31.2 Å². The summed E-state index contributed by atoms with van der Waals surface area (Å²) in [6.07, 6.45) is 0.819. The van der Waals surface area contributed by atoms with Gasteiger partial charge in [0.15, 0.2) is 11.6 Å². The summed E-state index contributed by atoms with van der Waals surface area (Å²) in [6.45, 7) is 2.03. The number of hydrogen-bond donors (Lipinski definition) is 1. The second-order valence-corrected chi connectivity index (χ2v) is 4.83. The molecule has 2 aromatic heterocycles. The Morgan fingerprint density at radius 3 is 2.55 bits per heavy atom. The highest BCUT2D eigenvalue weighted by Gasteiger charge is 2.20. The van der Waals surface area contributed by atoms with E-state index in [2.05, 4.69) is 5.16 Å². The van der Waals surface area contributed by atoms with E-state index in [-0.39, 0.29) is 0 Å². The normalized spacial score (nSPS) is 10.9. The minimum absolute atomic E-state index is 0.330. The summed E-state index contributed by atoms with van der Waals surface area (Å²) >= 11 is 5.90. The van der Waals surface area contributed by atoms with Crippen LogP contribution >= 0.6 is 11.6 Å². The standard InChI is InChI=1S/C15H13ClN2O2/c1-2-11-7-8-12(19-11)14-13(15(17)18-20-14)9-3-5-10(16)6-4-9/h3-8H,2H2,1H3,(H2,17,18). The van der Waals surface area contributed by atoms with E-state index in [4.69, 9.17) is 26.3 Å². The summed E-state index contributed by atoms with van der Waals surface area (Å²) in [6, 6.07) is 11.1. The van der Waals surface area contributed by atoms with Crippen LogP contribution in [0.15, 0.2) is 45.3 Å². The topological polar surface area (TPSA) is 65.2 Å². The average molecular weight is 289 g/mol. The van der Waals surface area contributed by atoms with Gasteiger partial charge in [-0.15, -0.1) is 0 Å². The number of anilines is 1. The van der Waals surface area contributed by atoms with Gasteiger partial charge in [0, 0.05) is 11.4 Å². The van der Waals surface area contributed by atoms with Gasteiger partial charge in [-0.1, -0.05) is 35.8 Å². The first-order valence-corrected chi connectivity index (χ1v) is 6.67. The lowest BCUT2D eigenvalue weighted by Gasteiger charge is -2.01. The van der Waals surface area contributed by atoms with Gasteiger partial charge in [0.1, 0.15) is 5.76 Å². The molecule has 5 heteroatoms. The van der Waals surface area contributed by atoms with Crippen LogP contribution in [-0.2, 0) is 6.42 Å². The van der Waals surface area contributed by atoms with Crippen molar-refractivity contribution in [3.05, 3.63) is 47.2 Å². The van der Waals surface area contributed by atoms with Gasteiger partial charge >= 0.3 is 0 Å². The van der Waals surface area contributed by atoms with Crippen LogP contribution in [0.25, 0.3) is 22.6 Å². The highest BCUT2D eigenvalue weighted by atomic mass is 35.5. The molecule has 3 rings (SSSR count). The monoisotopic (exact) mass is 288 g/mol. The fraction of sp³-hybridized carbons (Fsp3) is 0.133. The molecule has 0 aliphatic carbocycles. The molecule has 0 aliphatic rings. The number of nitrogens with two attached hydrogens (primary N) is 1. The van der Waals surface area contributed by atoms with E-state index in [9.17, 15) is 0 Å². The van der Waals surface area contributed by atoms with Crippen molar-refractivity contribution in [3.8, 4) is 22.6 Å². The Bertz CT molecular complexity index is 729. The zero-order valence-corrected chi connectivity index (χ0v) is 11.6. The van der Waals surface area contributed by atoms with Gasteiger partial charge in [0.2, 0.25) is 5.76 Å². The van der Waals surface area contributed by atoms with Crippen molar-refractivity contribution >= 4 is 17.4 Å². The minimum Gasteiger partial charge on any atom is -0.458 e. The van der Waals surface area contributed by atoms with E-state index < -0.39 is 0 Å². The number of nitrogen functional groups attached to an aromatic ring is 1. The molecule has 0 spiro atoms. The summed E-state index contributed by atoms with van der Waals surface area (Å²) in [4.78, 5) is 0. The second kappa shape index (κ2) is 5.06. The van der Waals surface area contributed by atoms with Gasteiger partial charge in [0.25, 0.3) is 0 Å². The number of aromatic nitrogens is 1. The fourth-order valence-corrected chi connectivity index (χ4v) is 2.18. The molecule has 2 N–H and O–H groups in total. The van der Waals surface area contributed by atoms with Crippen LogP contribution in [0.4, 0.5) is 5.82 Å². The maximum Gasteiger partial charge on any atom is 0.212 e. The zero-order valence-electron chi connectivity index (χ0n) is 10.9. The van der Waals surface area contributed by atoms with Gasteiger partial charge in [-0.3, -0.25) is 0 Å². The molecule has 20 heavy (non-hydrogen) atoms. The molecule has 0 unspecified atom stereocenters. The molecule has 0 aliphatic heterocycles. The van der Waals surface area contributed by atoms with Crippen LogP contribution in [-0.4, -0.2) is 5.16 Å². The van der Waals surface area contributed by atoms with Crippen molar-refractivity contribution < 1.29 is 8.94 Å². The van der Waals surface area contributed by atoms with Crippen molar-refractivity contribution in [2.24, 2.45) is 0 Å². The SMILES string of the molecule is CCc1ccc(-c2onc(N)c2-c2ccc(Cl)cc2)o1. The third-order valence-corrected chi connectivity index (χ3v) is 3.34. The Morgan fingerprint density at radius 1 is 1.15 bits per heavy atom. The quantitative estimate of drug-likeness (QED) is 0.776. The Kier molecular flexibility index (Phi) is 3.24. The highest BCUT2D eigenvalue weighted by molar-refractivity contribution is 6.30. The first-order valence-electron chi connectivity index (χ1n) is 6.29. The third-order valence-electron chi connectivity index (χ3n) is 3.09. The third kappa shape index (κ3) is 2.18. The van der Waals surface area contributed by atoms with Crippen molar-refractivity contribution in [1.82, 2.24) is 5.16 Å². The molecule has 1 aromatic carbocycles. The lowest BCUT2D eigenvalue weighted by Crippen LogP contribution is -1.88. The molecule has 0 bridgehead atoms. The smallest absolute Gasteiger partial charge is 0.212 e. The Labute approximate surface area is 121 Å². The van der Waals surface area contributed by atoms with Gasteiger partial charge in [-0.2, -0.15) is 0 Å². The van der Waals surface area contributed by atoms with Crippen LogP contribution in [0.2, 0.25) is 5.02 Å². The Hall–Kier alpha value is -2.20. The second-order valence-electron chi connectivity index (χ2n) is 4.40. The maximum atomic E-state index is 5.91. The van der Waals surface area contributed by atoms with E-state index in [0.717, 1.165) is 23.3 Å². The van der Waals surface area contributed by atoms with Gasteiger partial charge < -0.3 is 14.7 Å². The first-order chi connectivity index (χ1) is 9.69.